The van der Waals surface area contributed by atoms with Crippen molar-refractivity contribution < 1.29 is 27.2 Å². The number of halogens is 3. The fraction of sp³-hybridized carbons (Fsp3) is 0.412. The van der Waals surface area contributed by atoms with E-state index in [0.29, 0.717) is 25.2 Å². The van der Waals surface area contributed by atoms with Crippen LogP contribution >= 0.6 is 0 Å². The maximum Gasteiger partial charge on any atom is 0.408 e. The van der Waals surface area contributed by atoms with E-state index < -0.39 is 24.2 Å². The lowest BCUT2D eigenvalue weighted by Gasteiger charge is -2.35. The number of rotatable bonds is 3. The molecule has 2 aromatic heterocycles. The molecule has 3 amide bonds. The van der Waals surface area contributed by atoms with Crippen molar-refractivity contribution in [2.24, 2.45) is 0 Å². The Balaban J connectivity index is 1.63. The number of aromatic nitrogens is 2. The van der Waals surface area contributed by atoms with Crippen LogP contribution < -0.4 is 20.4 Å². The van der Waals surface area contributed by atoms with Crippen LogP contribution in [-0.2, 0) is 0 Å². The second-order valence-corrected chi connectivity index (χ2v) is 6.80. The lowest BCUT2D eigenvalue weighted by atomic mass is 10.1. The van der Waals surface area contributed by atoms with Crippen molar-refractivity contribution in [3.05, 3.63) is 30.3 Å². The number of hydrogen-bond donors (Lipinski definition) is 2. The van der Waals surface area contributed by atoms with Crippen LogP contribution in [0.25, 0.3) is 0 Å². The van der Waals surface area contributed by atoms with E-state index in [1.54, 1.807) is 6.07 Å². The van der Waals surface area contributed by atoms with Gasteiger partial charge < -0.3 is 14.6 Å². The summed E-state index contributed by atoms with van der Waals surface area (Å²) in [5, 5.41) is 4.39. The summed E-state index contributed by atoms with van der Waals surface area (Å²) in [5.41, 5.74) is 0.415. The third-order valence-corrected chi connectivity index (χ3v) is 4.89. The van der Waals surface area contributed by atoms with Crippen LogP contribution in [0, 0.1) is 0 Å². The molecule has 0 aromatic carbocycles. The molecule has 29 heavy (non-hydrogen) atoms. The molecule has 1 unspecified atom stereocenters. The molecule has 2 aromatic rings. The average Bonchev–Trinajstić information content (AvgIpc) is 3.31. The third kappa shape index (κ3) is 3.57. The molecule has 2 aliphatic heterocycles. The second kappa shape index (κ2) is 6.94. The Hall–Kier alpha value is -3.31. The van der Waals surface area contributed by atoms with E-state index in [1.165, 1.54) is 23.4 Å². The maximum absolute atomic E-state index is 12.8. The van der Waals surface area contributed by atoms with Crippen LogP contribution in [-0.4, -0.2) is 53.3 Å². The van der Waals surface area contributed by atoms with E-state index in [-0.39, 0.29) is 23.6 Å². The van der Waals surface area contributed by atoms with Gasteiger partial charge in [0.25, 0.3) is 5.91 Å². The van der Waals surface area contributed by atoms with E-state index >= 15 is 0 Å². The Kier molecular flexibility index (Phi) is 4.55. The first-order valence-electron chi connectivity index (χ1n) is 8.87. The highest BCUT2D eigenvalue weighted by Crippen LogP contribution is 2.39. The van der Waals surface area contributed by atoms with Crippen LogP contribution in [0.1, 0.15) is 23.8 Å². The Bertz CT molecular complexity index is 933. The van der Waals surface area contributed by atoms with E-state index in [2.05, 4.69) is 15.3 Å². The number of alkyl halides is 3. The van der Waals surface area contributed by atoms with Crippen molar-refractivity contribution in [1.82, 2.24) is 15.3 Å². The monoisotopic (exact) mass is 410 g/mol. The smallest absolute Gasteiger partial charge is 0.408 e. The van der Waals surface area contributed by atoms with E-state index in [4.69, 9.17) is 4.42 Å². The van der Waals surface area contributed by atoms with Gasteiger partial charge in [-0.2, -0.15) is 13.2 Å². The van der Waals surface area contributed by atoms with Gasteiger partial charge in [0.1, 0.15) is 18.0 Å². The number of oxazole rings is 1. The standard InChI is InChI=1S/C17H17F3N6O3/c1-9(17(18,19)20)22-14(27)11-2-3-12-13(23-11)26(10-4-6-25(12)8-10)16(28)24-15-21-5-7-29-15/h2-3,5,7,9-10H,4,6,8H2,1H3,(H,22,27)(H,21,24,28)/t9-,10?/m1/s1. The first-order chi connectivity index (χ1) is 13.7. The zero-order valence-corrected chi connectivity index (χ0v) is 15.2. The molecule has 4 heterocycles. The number of fused-ring (bicyclic) bond motifs is 4. The zero-order chi connectivity index (χ0) is 20.8. The summed E-state index contributed by atoms with van der Waals surface area (Å²) in [6, 6.07) is 0.163. The molecule has 4 rings (SSSR count). The van der Waals surface area contributed by atoms with Gasteiger partial charge in [0.05, 0.1) is 17.9 Å². The van der Waals surface area contributed by atoms with Gasteiger partial charge in [0.15, 0.2) is 5.82 Å². The maximum atomic E-state index is 12.8. The molecule has 154 valence electrons. The number of carbonyl (C=O) groups excluding carboxylic acids is 2. The minimum Gasteiger partial charge on any atom is -0.432 e. The van der Waals surface area contributed by atoms with Gasteiger partial charge >= 0.3 is 18.2 Å². The molecule has 0 radical (unpaired) electrons. The van der Waals surface area contributed by atoms with Gasteiger partial charge in [-0.1, -0.05) is 0 Å². The SMILES string of the molecule is C[C@@H](NC(=O)c1ccc2c(n1)N(C(=O)Nc1ncco1)C1CCN2C1)C(F)(F)F. The van der Waals surface area contributed by atoms with Gasteiger partial charge in [0.2, 0.25) is 0 Å². The van der Waals surface area contributed by atoms with Crippen LogP contribution in [0.4, 0.5) is 35.5 Å². The van der Waals surface area contributed by atoms with E-state index in [1.807, 2.05) is 10.2 Å². The number of pyridine rings is 1. The summed E-state index contributed by atoms with van der Waals surface area (Å²) in [7, 11) is 0. The molecule has 2 aliphatic rings. The van der Waals surface area contributed by atoms with Gasteiger partial charge in [-0.25, -0.2) is 14.8 Å². The fourth-order valence-corrected chi connectivity index (χ4v) is 3.39. The summed E-state index contributed by atoms with van der Waals surface area (Å²) in [5.74, 6) is -0.770. The van der Waals surface area contributed by atoms with Crippen LogP contribution in [0.2, 0.25) is 0 Å². The minimum atomic E-state index is -4.57. The predicted molar refractivity (Wildman–Crippen MR) is 95.8 cm³/mol. The van der Waals surface area contributed by atoms with Crippen molar-refractivity contribution in [3.8, 4) is 0 Å². The number of nitrogens with zero attached hydrogens (tertiary/aromatic N) is 4. The summed E-state index contributed by atoms with van der Waals surface area (Å²) in [4.78, 5) is 36.5. The van der Waals surface area contributed by atoms with Crippen molar-refractivity contribution >= 4 is 29.5 Å². The van der Waals surface area contributed by atoms with Crippen LogP contribution in [0.3, 0.4) is 0 Å². The number of hydrogen-bond acceptors (Lipinski definition) is 6. The summed E-state index contributed by atoms with van der Waals surface area (Å²) in [6.07, 6.45) is -1.21. The van der Waals surface area contributed by atoms with Crippen molar-refractivity contribution in [2.45, 2.75) is 31.6 Å². The Morgan fingerprint density at radius 3 is 2.83 bits per heavy atom. The topological polar surface area (TPSA) is 104 Å². The summed E-state index contributed by atoms with van der Waals surface area (Å²) in [6.45, 7) is 2.13. The van der Waals surface area contributed by atoms with Crippen molar-refractivity contribution in [2.75, 3.05) is 28.2 Å². The fourth-order valence-electron chi connectivity index (χ4n) is 3.39. The predicted octanol–water partition coefficient (Wildman–Crippen LogP) is 2.38. The normalized spacial score (nSPS) is 19.0. The highest BCUT2D eigenvalue weighted by atomic mass is 19.4. The molecular formula is C17H17F3N6O3. The highest BCUT2D eigenvalue weighted by Gasteiger charge is 2.41. The van der Waals surface area contributed by atoms with Gasteiger partial charge in [0, 0.05) is 13.1 Å². The molecular weight excluding hydrogens is 393 g/mol. The number of anilines is 3. The van der Waals surface area contributed by atoms with E-state index in [0.717, 1.165) is 6.92 Å². The number of nitrogens with one attached hydrogen (secondary N) is 2. The third-order valence-electron chi connectivity index (χ3n) is 4.89. The molecule has 2 N–H and O–H groups in total. The Labute approximate surface area is 162 Å². The van der Waals surface area contributed by atoms with Gasteiger partial charge in [-0.15, -0.1) is 0 Å². The van der Waals surface area contributed by atoms with E-state index in [9.17, 15) is 22.8 Å². The van der Waals surface area contributed by atoms with Gasteiger partial charge in [-0.3, -0.25) is 15.0 Å². The summed E-state index contributed by atoms with van der Waals surface area (Å²) < 4.78 is 43.2. The number of amides is 3. The molecule has 1 fully saturated rings. The van der Waals surface area contributed by atoms with Crippen molar-refractivity contribution in [1.29, 1.82) is 0 Å². The highest BCUT2D eigenvalue weighted by molar-refractivity contribution is 6.04. The first-order valence-corrected chi connectivity index (χ1v) is 8.87. The molecule has 9 nitrogen and oxygen atoms in total. The largest absolute Gasteiger partial charge is 0.432 e. The Morgan fingerprint density at radius 1 is 1.34 bits per heavy atom. The molecule has 0 aliphatic carbocycles. The quantitative estimate of drug-likeness (QED) is 0.805. The minimum absolute atomic E-state index is 0.00451. The number of urea groups is 1. The second-order valence-electron chi connectivity index (χ2n) is 6.80. The van der Waals surface area contributed by atoms with Crippen LogP contribution in [0.15, 0.2) is 29.0 Å². The number of carbonyl (C=O) groups is 2. The Morgan fingerprint density at radius 2 is 2.14 bits per heavy atom. The first kappa shape index (κ1) is 19.0. The zero-order valence-electron chi connectivity index (χ0n) is 15.2. The molecule has 0 spiro atoms. The lowest BCUT2D eigenvalue weighted by Crippen LogP contribution is -2.49. The average molecular weight is 410 g/mol. The molecule has 2 atom stereocenters. The molecule has 0 saturated carbocycles. The molecule has 1 saturated heterocycles. The van der Waals surface area contributed by atoms with Gasteiger partial charge in [-0.05, 0) is 25.5 Å². The van der Waals surface area contributed by atoms with Crippen LogP contribution in [0.5, 0.6) is 0 Å². The molecule has 12 heteroatoms. The summed E-state index contributed by atoms with van der Waals surface area (Å²) >= 11 is 0. The lowest BCUT2D eigenvalue weighted by molar-refractivity contribution is -0.149. The van der Waals surface area contributed by atoms with Crippen molar-refractivity contribution in [3.63, 3.8) is 0 Å². The molecule has 2 bridgehead atoms.